The number of rotatable bonds is 4. The first-order chi connectivity index (χ1) is 14.1. The van der Waals surface area contributed by atoms with Gasteiger partial charge in [-0.25, -0.2) is 14.8 Å². The van der Waals surface area contributed by atoms with Crippen LogP contribution in [0, 0.1) is 6.92 Å². The summed E-state index contributed by atoms with van der Waals surface area (Å²) in [6.07, 6.45) is 2.45. The summed E-state index contributed by atoms with van der Waals surface area (Å²) in [5.41, 5.74) is 0.764. The number of ether oxygens (including phenoxy) is 1. The average Bonchev–Trinajstić information content (AvgIpc) is 3.29. The molecule has 1 aromatic heterocycles. The number of aromatic nitrogens is 2. The molecule has 2 aliphatic rings. The summed E-state index contributed by atoms with van der Waals surface area (Å²) in [5.74, 6) is 3.54. The topological polar surface area (TPSA) is 73.8 Å². The van der Waals surface area contributed by atoms with E-state index in [0.29, 0.717) is 13.1 Å². The molecule has 2 aliphatic heterocycles. The number of anilines is 3. The summed E-state index contributed by atoms with van der Waals surface area (Å²) < 4.78 is 5.15. The van der Waals surface area contributed by atoms with Crippen LogP contribution in [0.3, 0.4) is 0 Å². The minimum absolute atomic E-state index is 0.0774. The molecule has 0 saturated carbocycles. The van der Waals surface area contributed by atoms with Gasteiger partial charge in [-0.05, 0) is 44.0 Å². The normalized spacial score (nSPS) is 16.8. The number of carbonyl (C=O) groups excluding carboxylic acids is 1. The Morgan fingerprint density at radius 2 is 1.52 bits per heavy atom. The highest BCUT2D eigenvalue weighted by atomic mass is 16.5. The third-order valence-electron chi connectivity index (χ3n) is 5.47. The quantitative estimate of drug-likeness (QED) is 0.857. The van der Waals surface area contributed by atoms with Gasteiger partial charge in [0.25, 0.3) is 0 Å². The molecular weight excluding hydrogens is 368 g/mol. The molecule has 0 spiro atoms. The molecule has 0 atom stereocenters. The molecule has 0 unspecified atom stereocenters. The highest BCUT2D eigenvalue weighted by molar-refractivity contribution is 5.89. The van der Waals surface area contributed by atoms with Crippen LogP contribution in [0.5, 0.6) is 5.75 Å². The molecule has 2 saturated heterocycles. The van der Waals surface area contributed by atoms with Gasteiger partial charge in [0.1, 0.15) is 23.2 Å². The molecule has 1 aromatic carbocycles. The van der Waals surface area contributed by atoms with Crippen LogP contribution in [0.2, 0.25) is 0 Å². The van der Waals surface area contributed by atoms with Gasteiger partial charge in [-0.3, -0.25) is 0 Å². The second kappa shape index (κ2) is 8.55. The monoisotopic (exact) mass is 396 g/mol. The average molecular weight is 396 g/mol. The third kappa shape index (κ3) is 4.52. The lowest BCUT2D eigenvalue weighted by Crippen LogP contribution is -2.50. The van der Waals surface area contributed by atoms with E-state index in [9.17, 15) is 4.79 Å². The van der Waals surface area contributed by atoms with E-state index in [1.807, 2.05) is 36.1 Å². The van der Waals surface area contributed by atoms with Gasteiger partial charge in [0, 0.05) is 51.0 Å². The lowest BCUT2D eigenvalue weighted by Gasteiger charge is -2.35. The van der Waals surface area contributed by atoms with Crippen LogP contribution in [0.4, 0.5) is 22.1 Å². The van der Waals surface area contributed by atoms with Crippen molar-refractivity contribution >= 4 is 23.4 Å². The highest BCUT2D eigenvalue weighted by Gasteiger charge is 2.23. The van der Waals surface area contributed by atoms with Crippen LogP contribution in [-0.4, -0.2) is 67.3 Å². The number of amides is 2. The maximum absolute atomic E-state index is 12.6. The first kappa shape index (κ1) is 19.3. The van der Waals surface area contributed by atoms with E-state index in [0.717, 1.165) is 55.1 Å². The molecule has 2 aromatic rings. The van der Waals surface area contributed by atoms with Crippen LogP contribution in [0.15, 0.2) is 30.3 Å². The van der Waals surface area contributed by atoms with Crippen molar-refractivity contribution in [2.24, 2.45) is 0 Å². The van der Waals surface area contributed by atoms with E-state index in [2.05, 4.69) is 31.2 Å². The molecule has 2 amide bonds. The SMILES string of the molecule is COc1ccc(NC(=O)N2CCN(c3cc(N4CCCC4)nc(C)n3)CC2)cc1. The van der Waals surface area contributed by atoms with E-state index in [4.69, 9.17) is 4.74 Å². The highest BCUT2D eigenvalue weighted by Crippen LogP contribution is 2.23. The number of urea groups is 1. The number of carbonyl (C=O) groups is 1. The fraction of sp³-hybridized carbons (Fsp3) is 0.476. The number of hydrogen-bond acceptors (Lipinski definition) is 6. The van der Waals surface area contributed by atoms with Gasteiger partial charge in [0.05, 0.1) is 7.11 Å². The molecule has 2 fully saturated rings. The Kier molecular flexibility index (Phi) is 5.69. The van der Waals surface area contributed by atoms with Crippen LogP contribution < -0.4 is 19.9 Å². The second-order valence-corrected chi connectivity index (χ2v) is 7.46. The van der Waals surface area contributed by atoms with Crippen LogP contribution in [-0.2, 0) is 0 Å². The molecule has 0 aliphatic carbocycles. The van der Waals surface area contributed by atoms with E-state index in [1.54, 1.807) is 7.11 Å². The lowest BCUT2D eigenvalue weighted by atomic mass is 10.3. The zero-order chi connectivity index (χ0) is 20.2. The van der Waals surface area contributed by atoms with Gasteiger partial charge in [0.15, 0.2) is 0 Å². The smallest absolute Gasteiger partial charge is 0.321 e. The third-order valence-corrected chi connectivity index (χ3v) is 5.47. The Hall–Kier alpha value is -3.03. The first-order valence-corrected chi connectivity index (χ1v) is 10.2. The van der Waals surface area contributed by atoms with Gasteiger partial charge >= 0.3 is 6.03 Å². The van der Waals surface area contributed by atoms with E-state index >= 15 is 0 Å². The molecule has 0 bridgehead atoms. The number of benzene rings is 1. The van der Waals surface area contributed by atoms with Crippen molar-refractivity contribution < 1.29 is 9.53 Å². The number of aryl methyl sites for hydroxylation is 1. The minimum atomic E-state index is -0.0774. The summed E-state index contributed by atoms with van der Waals surface area (Å²) in [6.45, 7) is 6.90. The molecule has 3 heterocycles. The summed E-state index contributed by atoms with van der Waals surface area (Å²) in [6, 6.07) is 9.37. The van der Waals surface area contributed by atoms with E-state index in [1.165, 1.54) is 12.8 Å². The number of hydrogen-bond donors (Lipinski definition) is 1. The van der Waals surface area contributed by atoms with Gasteiger partial charge < -0.3 is 24.8 Å². The number of nitrogens with one attached hydrogen (secondary N) is 1. The molecule has 29 heavy (non-hydrogen) atoms. The van der Waals surface area contributed by atoms with Gasteiger partial charge in [0.2, 0.25) is 0 Å². The molecule has 1 N–H and O–H groups in total. The van der Waals surface area contributed by atoms with Crippen molar-refractivity contribution in [3.05, 3.63) is 36.2 Å². The van der Waals surface area contributed by atoms with Crippen LogP contribution >= 0.6 is 0 Å². The van der Waals surface area contributed by atoms with Crippen molar-refractivity contribution in [1.29, 1.82) is 0 Å². The molecule has 154 valence electrons. The molecule has 0 radical (unpaired) electrons. The van der Waals surface area contributed by atoms with Crippen molar-refractivity contribution in [1.82, 2.24) is 14.9 Å². The summed E-state index contributed by atoms with van der Waals surface area (Å²) in [4.78, 5) is 28.3. The maximum Gasteiger partial charge on any atom is 0.321 e. The minimum Gasteiger partial charge on any atom is -0.497 e. The van der Waals surface area contributed by atoms with Crippen molar-refractivity contribution in [3.8, 4) is 5.75 Å². The standard InChI is InChI=1S/C21H28N6O2/c1-16-22-19(25-9-3-4-10-25)15-20(23-16)26-11-13-27(14-12-26)21(28)24-17-5-7-18(29-2)8-6-17/h5-8,15H,3-4,9-14H2,1-2H3,(H,24,28). The molecule has 8 heteroatoms. The Labute approximate surface area is 171 Å². The molecular formula is C21H28N6O2. The van der Waals surface area contributed by atoms with Crippen LogP contribution in [0.1, 0.15) is 18.7 Å². The first-order valence-electron chi connectivity index (χ1n) is 10.2. The van der Waals surface area contributed by atoms with Crippen molar-refractivity contribution in [3.63, 3.8) is 0 Å². The maximum atomic E-state index is 12.6. The van der Waals surface area contributed by atoms with Crippen LogP contribution in [0.25, 0.3) is 0 Å². The Morgan fingerprint density at radius 1 is 0.931 bits per heavy atom. The van der Waals surface area contributed by atoms with Gasteiger partial charge in [-0.1, -0.05) is 0 Å². The predicted molar refractivity (Wildman–Crippen MR) is 114 cm³/mol. The predicted octanol–water partition coefficient (Wildman–Crippen LogP) is 2.75. The fourth-order valence-electron chi connectivity index (χ4n) is 3.82. The van der Waals surface area contributed by atoms with Crippen molar-refractivity contribution in [2.75, 3.05) is 61.5 Å². The van der Waals surface area contributed by atoms with Gasteiger partial charge in [-0.15, -0.1) is 0 Å². The largest absolute Gasteiger partial charge is 0.497 e. The molecule has 8 nitrogen and oxygen atoms in total. The Morgan fingerprint density at radius 3 is 2.10 bits per heavy atom. The Bertz CT molecular complexity index is 843. The molecule has 4 rings (SSSR count). The second-order valence-electron chi connectivity index (χ2n) is 7.46. The summed E-state index contributed by atoms with van der Waals surface area (Å²) >= 11 is 0. The number of piperazine rings is 1. The number of nitrogens with zero attached hydrogens (tertiary/aromatic N) is 5. The summed E-state index contributed by atoms with van der Waals surface area (Å²) in [7, 11) is 1.63. The zero-order valence-electron chi connectivity index (χ0n) is 17.1. The van der Waals surface area contributed by atoms with Gasteiger partial charge in [-0.2, -0.15) is 0 Å². The summed E-state index contributed by atoms with van der Waals surface area (Å²) in [5, 5.41) is 2.95. The Balaban J connectivity index is 1.35. The van der Waals surface area contributed by atoms with E-state index < -0.39 is 0 Å². The number of methoxy groups -OCH3 is 1. The zero-order valence-corrected chi connectivity index (χ0v) is 17.1. The van der Waals surface area contributed by atoms with E-state index in [-0.39, 0.29) is 6.03 Å². The fourth-order valence-corrected chi connectivity index (χ4v) is 3.82. The van der Waals surface area contributed by atoms with Crippen molar-refractivity contribution in [2.45, 2.75) is 19.8 Å². The lowest BCUT2D eigenvalue weighted by molar-refractivity contribution is 0.208.